The van der Waals surface area contributed by atoms with Crippen LogP contribution in [0.25, 0.3) is 0 Å². The molecule has 1 heterocycles. The van der Waals surface area contributed by atoms with E-state index in [0.29, 0.717) is 13.1 Å². The van der Waals surface area contributed by atoms with Crippen molar-refractivity contribution in [2.24, 2.45) is 0 Å². The zero-order chi connectivity index (χ0) is 17.2. The number of carbonyl (C=O) groups excluding carboxylic acids is 1. The smallest absolute Gasteiger partial charge is 0.410 e. The van der Waals surface area contributed by atoms with Gasteiger partial charge in [-0.05, 0) is 59.0 Å². The van der Waals surface area contributed by atoms with E-state index < -0.39 is 5.60 Å². The maximum absolute atomic E-state index is 11.9. The minimum Gasteiger partial charge on any atom is -0.486 e. The third-order valence-corrected chi connectivity index (χ3v) is 3.53. The van der Waals surface area contributed by atoms with Crippen LogP contribution in [-0.2, 0) is 11.3 Å². The number of aryl methyl sites for hydroxylation is 1. The summed E-state index contributed by atoms with van der Waals surface area (Å²) < 4.78 is 11.3. The SMILES string of the molecule is Cc1cc(CN(C)C)ccc1OC1CN(C(=O)OC(C)(C)C)C1. The molecule has 2 rings (SSSR count). The molecule has 0 aromatic heterocycles. The lowest BCUT2D eigenvalue weighted by atomic mass is 10.1. The molecule has 0 saturated carbocycles. The second-order valence-corrected chi connectivity index (χ2v) is 7.46. The summed E-state index contributed by atoms with van der Waals surface area (Å²) in [6, 6.07) is 6.26. The Bertz CT molecular complexity index is 558. The summed E-state index contributed by atoms with van der Waals surface area (Å²) in [6.45, 7) is 9.74. The van der Waals surface area contributed by atoms with Gasteiger partial charge in [-0.15, -0.1) is 0 Å². The lowest BCUT2D eigenvalue weighted by Gasteiger charge is -2.39. The molecule has 1 amide bonds. The molecule has 1 fully saturated rings. The number of rotatable bonds is 4. The molecule has 1 aliphatic heterocycles. The molecule has 0 spiro atoms. The minimum atomic E-state index is -0.456. The fourth-order valence-electron chi connectivity index (χ4n) is 2.48. The number of carbonyl (C=O) groups is 1. The number of likely N-dealkylation sites (tertiary alicyclic amines) is 1. The summed E-state index contributed by atoms with van der Waals surface area (Å²) in [5.41, 5.74) is 1.94. The number of hydrogen-bond donors (Lipinski definition) is 0. The molecule has 128 valence electrons. The van der Waals surface area contributed by atoms with Crippen LogP contribution in [0.1, 0.15) is 31.9 Å². The van der Waals surface area contributed by atoms with Crippen molar-refractivity contribution in [1.29, 1.82) is 0 Å². The van der Waals surface area contributed by atoms with Gasteiger partial charge in [-0.1, -0.05) is 12.1 Å². The topological polar surface area (TPSA) is 42.0 Å². The van der Waals surface area contributed by atoms with Crippen LogP contribution in [0.2, 0.25) is 0 Å². The fraction of sp³-hybridized carbons (Fsp3) is 0.611. The number of benzene rings is 1. The highest BCUT2D eigenvalue weighted by atomic mass is 16.6. The normalized spacial score (nSPS) is 15.5. The molecular formula is C18H28N2O3. The molecule has 5 heteroatoms. The molecule has 1 aliphatic rings. The largest absolute Gasteiger partial charge is 0.486 e. The highest BCUT2D eigenvalue weighted by molar-refractivity contribution is 5.69. The highest BCUT2D eigenvalue weighted by Crippen LogP contribution is 2.24. The van der Waals surface area contributed by atoms with Gasteiger partial charge < -0.3 is 19.3 Å². The van der Waals surface area contributed by atoms with Crippen LogP contribution in [-0.4, -0.2) is 54.8 Å². The van der Waals surface area contributed by atoms with Crippen molar-refractivity contribution in [2.75, 3.05) is 27.2 Å². The van der Waals surface area contributed by atoms with Gasteiger partial charge in [0.15, 0.2) is 0 Å². The first kappa shape index (κ1) is 17.6. The first-order valence-corrected chi connectivity index (χ1v) is 8.03. The Morgan fingerprint density at radius 3 is 2.48 bits per heavy atom. The molecule has 5 nitrogen and oxygen atoms in total. The first-order valence-electron chi connectivity index (χ1n) is 8.03. The summed E-state index contributed by atoms with van der Waals surface area (Å²) in [7, 11) is 4.11. The number of nitrogens with zero attached hydrogens (tertiary/aromatic N) is 2. The fourth-order valence-corrected chi connectivity index (χ4v) is 2.48. The van der Waals surface area contributed by atoms with Gasteiger partial charge >= 0.3 is 6.09 Å². The monoisotopic (exact) mass is 320 g/mol. The standard InChI is InChI=1S/C18H28N2O3/c1-13-9-14(10-19(5)6)7-8-16(13)22-15-11-20(12-15)17(21)23-18(2,3)4/h7-9,15H,10-12H2,1-6H3. The van der Waals surface area contributed by atoms with Crippen LogP contribution < -0.4 is 4.74 Å². The Kier molecular flexibility index (Phi) is 5.19. The van der Waals surface area contributed by atoms with Gasteiger partial charge in [-0.2, -0.15) is 0 Å². The lowest BCUT2D eigenvalue weighted by molar-refractivity contribution is -0.0222. The average molecular weight is 320 g/mol. The van der Waals surface area contributed by atoms with Gasteiger partial charge in [-0.3, -0.25) is 0 Å². The Labute approximate surface area is 139 Å². The van der Waals surface area contributed by atoms with E-state index in [4.69, 9.17) is 9.47 Å². The van der Waals surface area contributed by atoms with E-state index >= 15 is 0 Å². The van der Waals surface area contributed by atoms with Gasteiger partial charge in [0.25, 0.3) is 0 Å². The maximum Gasteiger partial charge on any atom is 0.410 e. The summed E-state index contributed by atoms with van der Waals surface area (Å²) in [4.78, 5) is 15.7. The molecule has 0 atom stereocenters. The van der Waals surface area contributed by atoms with E-state index in [-0.39, 0.29) is 12.2 Å². The summed E-state index contributed by atoms with van der Waals surface area (Å²) >= 11 is 0. The van der Waals surface area contributed by atoms with Gasteiger partial charge in [0, 0.05) is 6.54 Å². The van der Waals surface area contributed by atoms with E-state index in [9.17, 15) is 4.79 Å². The van der Waals surface area contributed by atoms with E-state index in [1.807, 2.05) is 26.8 Å². The van der Waals surface area contributed by atoms with Crippen molar-refractivity contribution in [3.05, 3.63) is 29.3 Å². The van der Waals surface area contributed by atoms with Gasteiger partial charge in [0.05, 0.1) is 13.1 Å². The molecule has 0 aliphatic carbocycles. The van der Waals surface area contributed by atoms with Crippen molar-refractivity contribution in [1.82, 2.24) is 9.80 Å². The van der Waals surface area contributed by atoms with Crippen molar-refractivity contribution < 1.29 is 14.3 Å². The molecular weight excluding hydrogens is 292 g/mol. The summed E-state index contributed by atoms with van der Waals surface area (Å²) in [6.07, 6.45) is -0.226. The van der Waals surface area contributed by atoms with Crippen LogP contribution in [0.4, 0.5) is 4.79 Å². The molecule has 0 bridgehead atoms. The summed E-state index contributed by atoms with van der Waals surface area (Å²) in [5, 5.41) is 0. The molecule has 0 radical (unpaired) electrons. The van der Waals surface area contributed by atoms with Crippen LogP contribution in [0, 0.1) is 6.92 Å². The minimum absolute atomic E-state index is 0.0425. The van der Waals surface area contributed by atoms with Gasteiger partial charge in [-0.25, -0.2) is 4.79 Å². The molecule has 1 aromatic carbocycles. The molecule has 1 saturated heterocycles. The second-order valence-electron chi connectivity index (χ2n) is 7.46. The van der Waals surface area contributed by atoms with Gasteiger partial charge in [0.1, 0.15) is 17.5 Å². The van der Waals surface area contributed by atoms with Gasteiger partial charge in [0.2, 0.25) is 0 Å². The Morgan fingerprint density at radius 1 is 1.30 bits per heavy atom. The predicted molar refractivity (Wildman–Crippen MR) is 90.8 cm³/mol. The van der Waals surface area contributed by atoms with Crippen LogP contribution in [0.3, 0.4) is 0 Å². The third kappa shape index (κ3) is 5.13. The van der Waals surface area contributed by atoms with Crippen LogP contribution >= 0.6 is 0 Å². The highest BCUT2D eigenvalue weighted by Gasteiger charge is 2.35. The molecule has 1 aromatic rings. The molecule has 0 N–H and O–H groups in total. The summed E-state index contributed by atoms with van der Waals surface area (Å²) in [5.74, 6) is 0.890. The van der Waals surface area contributed by atoms with E-state index in [1.54, 1.807) is 4.90 Å². The lowest BCUT2D eigenvalue weighted by Crippen LogP contribution is -2.57. The van der Waals surface area contributed by atoms with E-state index in [0.717, 1.165) is 17.9 Å². The zero-order valence-electron chi connectivity index (χ0n) is 15.0. The third-order valence-electron chi connectivity index (χ3n) is 3.53. The average Bonchev–Trinajstić information content (AvgIpc) is 2.32. The second kappa shape index (κ2) is 6.79. The van der Waals surface area contributed by atoms with E-state index in [2.05, 4.69) is 38.1 Å². The Morgan fingerprint density at radius 2 is 1.96 bits per heavy atom. The van der Waals surface area contributed by atoms with E-state index in [1.165, 1.54) is 5.56 Å². The quantitative estimate of drug-likeness (QED) is 0.855. The van der Waals surface area contributed by atoms with Crippen LogP contribution in [0.5, 0.6) is 5.75 Å². The number of amides is 1. The van der Waals surface area contributed by atoms with Crippen molar-refractivity contribution >= 4 is 6.09 Å². The number of ether oxygens (including phenoxy) is 2. The van der Waals surface area contributed by atoms with Crippen LogP contribution in [0.15, 0.2) is 18.2 Å². The van der Waals surface area contributed by atoms with Crippen molar-refractivity contribution in [3.8, 4) is 5.75 Å². The zero-order valence-corrected chi connectivity index (χ0v) is 15.0. The molecule has 0 unspecified atom stereocenters. The first-order chi connectivity index (χ1) is 10.6. The van der Waals surface area contributed by atoms with Crippen molar-refractivity contribution in [3.63, 3.8) is 0 Å². The van der Waals surface area contributed by atoms with Crippen molar-refractivity contribution in [2.45, 2.75) is 45.9 Å². The Hall–Kier alpha value is -1.75. The predicted octanol–water partition coefficient (Wildman–Crippen LogP) is 3.05. The maximum atomic E-state index is 11.9. The Balaban J connectivity index is 1.85. The number of hydrogen-bond acceptors (Lipinski definition) is 4. The molecule has 23 heavy (non-hydrogen) atoms.